The highest BCUT2D eigenvalue weighted by Crippen LogP contribution is 2.45. The van der Waals surface area contributed by atoms with E-state index < -0.39 is 30.5 Å². The molecule has 7 rings (SSSR count). The first kappa shape index (κ1) is 31.5. The second-order valence-corrected chi connectivity index (χ2v) is 15.2. The normalized spacial score (nSPS) is 46.2. The fourth-order valence-corrected chi connectivity index (χ4v) is 9.87. The van der Waals surface area contributed by atoms with Crippen LogP contribution in [-0.4, -0.2) is 114 Å². The average Bonchev–Trinajstić information content (AvgIpc) is 3.83. The van der Waals surface area contributed by atoms with Crippen LogP contribution in [0.15, 0.2) is 24.8 Å². The molecule has 0 aromatic carbocycles. The number of alkyl halides is 2. The zero-order valence-electron chi connectivity index (χ0n) is 26.9. The highest BCUT2D eigenvalue weighted by atomic mass is 19.1. The Morgan fingerprint density at radius 2 is 1.82 bits per heavy atom. The van der Waals surface area contributed by atoms with E-state index in [-0.39, 0.29) is 60.7 Å². The SMILES string of the molecule is C=CC(=O)N1CCN(C2NC(=O)N3C4CC(C/C=C/CCNC5CCC(F)C(C5)C5NC3C2CC5F)CNC4C(C)C)C2CC21. The molecule has 6 bridgehead atoms. The molecule has 5 aliphatic heterocycles. The van der Waals surface area contributed by atoms with Crippen LogP contribution in [0.3, 0.4) is 0 Å². The van der Waals surface area contributed by atoms with Crippen molar-refractivity contribution in [1.82, 2.24) is 36.0 Å². The Kier molecular flexibility index (Phi) is 9.00. The van der Waals surface area contributed by atoms with Crippen LogP contribution in [0.4, 0.5) is 13.6 Å². The van der Waals surface area contributed by atoms with E-state index >= 15 is 8.78 Å². The van der Waals surface area contributed by atoms with Crippen molar-refractivity contribution in [2.24, 2.45) is 23.7 Å². The van der Waals surface area contributed by atoms with E-state index in [0.717, 1.165) is 45.2 Å². The standard InChI is InChI=1S/C34H53F2N7O2/c1-4-29(44)41-12-13-42(27-17-26(27)41)32-23-16-25(36)31-22-15-21(9-10-24(22)35)37-11-7-5-6-8-20-14-28(30(19(2)3)38-18-20)43(33(23)39-31)34(45)40-32/h4-6,19-28,30-33,37-39H,1,7-18H2,2-3H3,(H,40,45)/b6-5+. The largest absolute Gasteiger partial charge is 0.333 e. The van der Waals surface area contributed by atoms with Gasteiger partial charge in [-0.1, -0.05) is 32.6 Å². The molecular formula is C34H53F2N7O2. The minimum Gasteiger partial charge on any atom is -0.333 e. The predicted octanol–water partition coefficient (Wildman–Crippen LogP) is 2.90. The Hall–Kier alpha value is -2.08. The van der Waals surface area contributed by atoms with Crippen LogP contribution < -0.4 is 21.3 Å². The van der Waals surface area contributed by atoms with Crippen molar-refractivity contribution < 1.29 is 18.4 Å². The lowest BCUT2D eigenvalue weighted by atomic mass is 9.73. The Morgan fingerprint density at radius 3 is 2.62 bits per heavy atom. The van der Waals surface area contributed by atoms with Crippen LogP contribution in [0.2, 0.25) is 0 Å². The van der Waals surface area contributed by atoms with E-state index in [1.165, 1.54) is 6.08 Å². The predicted molar refractivity (Wildman–Crippen MR) is 170 cm³/mol. The van der Waals surface area contributed by atoms with Gasteiger partial charge in [0.2, 0.25) is 5.91 Å². The summed E-state index contributed by atoms with van der Waals surface area (Å²) in [4.78, 5) is 33.1. The monoisotopic (exact) mass is 629 g/mol. The number of halogens is 2. The van der Waals surface area contributed by atoms with Crippen molar-refractivity contribution in [3.05, 3.63) is 24.8 Å². The first-order valence-electron chi connectivity index (χ1n) is 17.7. The van der Waals surface area contributed by atoms with Crippen LogP contribution in [0, 0.1) is 23.7 Å². The van der Waals surface area contributed by atoms with Gasteiger partial charge in [-0.15, -0.1) is 0 Å². The third kappa shape index (κ3) is 5.95. The number of amides is 3. The molecule has 45 heavy (non-hydrogen) atoms. The summed E-state index contributed by atoms with van der Waals surface area (Å²) in [6.07, 6.45) is 8.54. The first-order chi connectivity index (χ1) is 21.7. The molecule has 9 nitrogen and oxygen atoms in total. The second kappa shape index (κ2) is 12.8. The molecule has 11 heteroatoms. The number of carbonyl (C=O) groups excluding carboxylic acids is 2. The van der Waals surface area contributed by atoms with Crippen LogP contribution in [0.5, 0.6) is 0 Å². The fourth-order valence-electron chi connectivity index (χ4n) is 9.87. The lowest BCUT2D eigenvalue weighted by molar-refractivity contribution is -0.130. The number of carbonyl (C=O) groups is 2. The van der Waals surface area contributed by atoms with Crippen LogP contribution in [0.1, 0.15) is 65.2 Å². The third-order valence-electron chi connectivity index (χ3n) is 12.2. The summed E-state index contributed by atoms with van der Waals surface area (Å²) in [6, 6.07) is -0.326. The molecule has 13 atom stereocenters. The quantitative estimate of drug-likeness (QED) is 0.284. The van der Waals surface area contributed by atoms with Gasteiger partial charge in [0.15, 0.2) is 0 Å². The van der Waals surface area contributed by atoms with Gasteiger partial charge in [0.05, 0.1) is 18.4 Å². The molecule has 2 aliphatic carbocycles. The van der Waals surface area contributed by atoms with Gasteiger partial charge in [-0.3, -0.25) is 15.0 Å². The Bertz CT molecular complexity index is 1160. The van der Waals surface area contributed by atoms with E-state index in [1.807, 2.05) is 9.80 Å². The second-order valence-electron chi connectivity index (χ2n) is 15.2. The molecule has 13 unspecified atom stereocenters. The number of hydrogen-bond donors (Lipinski definition) is 4. The summed E-state index contributed by atoms with van der Waals surface area (Å²) in [5.74, 6) is -0.0200. The minimum absolute atomic E-state index is 0.0560. The number of urea groups is 1. The lowest BCUT2D eigenvalue weighted by Gasteiger charge is -2.58. The average molecular weight is 630 g/mol. The number of fused-ring (bicyclic) bond motifs is 8. The molecule has 5 heterocycles. The Labute approximate surface area is 266 Å². The molecule has 4 saturated heterocycles. The molecule has 0 radical (unpaired) electrons. The molecule has 2 saturated carbocycles. The van der Waals surface area contributed by atoms with Crippen molar-refractivity contribution in [1.29, 1.82) is 0 Å². The number of allylic oxidation sites excluding steroid dienone is 1. The van der Waals surface area contributed by atoms with Gasteiger partial charge in [-0.25, -0.2) is 13.6 Å². The summed E-state index contributed by atoms with van der Waals surface area (Å²) in [7, 11) is 0. The van der Waals surface area contributed by atoms with Crippen molar-refractivity contribution in [2.75, 3.05) is 26.2 Å². The number of rotatable bonds is 3. The highest BCUT2D eigenvalue weighted by molar-refractivity contribution is 5.87. The molecular weight excluding hydrogens is 576 g/mol. The van der Waals surface area contributed by atoms with Gasteiger partial charge >= 0.3 is 6.03 Å². The molecule has 6 fully saturated rings. The maximum absolute atomic E-state index is 16.5. The number of nitrogens with zero attached hydrogens (tertiary/aromatic N) is 3. The van der Waals surface area contributed by atoms with E-state index in [0.29, 0.717) is 37.8 Å². The van der Waals surface area contributed by atoms with Gasteiger partial charge in [0.1, 0.15) is 12.3 Å². The van der Waals surface area contributed by atoms with Gasteiger partial charge in [0.25, 0.3) is 0 Å². The van der Waals surface area contributed by atoms with Gasteiger partial charge in [0, 0.05) is 55.1 Å². The Balaban J connectivity index is 1.23. The number of hydrogen-bond acceptors (Lipinski definition) is 6. The molecule has 4 N–H and O–H groups in total. The Morgan fingerprint density at radius 1 is 0.978 bits per heavy atom. The molecule has 0 spiro atoms. The molecule has 7 aliphatic rings. The number of piperazine rings is 1. The van der Waals surface area contributed by atoms with Crippen LogP contribution in [-0.2, 0) is 4.79 Å². The van der Waals surface area contributed by atoms with Gasteiger partial charge < -0.3 is 25.8 Å². The number of nitrogens with one attached hydrogen (secondary N) is 4. The van der Waals surface area contributed by atoms with Crippen molar-refractivity contribution >= 4 is 11.9 Å². The molecule has 0 aromatic rings. The van der Waals surface area contributed by atoms with Gasteiger partial charge in [-0.2, -0.15) is 0 Å². The molecule has 3 amide bonds. The molecule has 0 aromatic heterocycles. The lowest BCUT2D eigenvalue weighted by Crippen LogP contribution is -2.79. The van der Waals surface area contributed by atoms with Crippen molar-refractivity contribution in [3.63, 3.8) is 0 Å². The summed E-state index contributed by atoms with van der Waals surface area (Å²) < 4.78 is 32.2. The van der Waals surface area contributed by atoms with Crippen molar-refractivity contribution in [2.45, 2.75) is 126 Å². The first-order valence-corrected chi connectivity index (χ1v) is 17.7. The van der Waals surface area contributed by atoms with Crippen LogP contribution >= 0.6 is 0 Å². The minimum atomic E-state index is -1.22. The zero-order chi connectivity index (χ0) is 31.4. The van der Waals surface area contributed by atoms with Crippen molar-refractivity contribution in [3.8, 4) is 0 Å². The number of piperidine rings is 2. The van der Waals surface area contributed by atoms with Crippen LogP contribution in [0.25, 0.3) is 0 Å². The summed E-state index contributed by atoms with van der Waals surface area (Å²) in [6.45, 7) is 11.0. The summed E-state index contributed by atoms with van der Waals surface area (Å²) in [5, 5.41) is 14.5. The summed E-state index contributed by atoms with van der Waals surface area (Å²) >= 11 is 0. The van der Waals surface area contributed by atoms with E-state index in [4.69, 9.17) is 0 Å². The maximum atomic E-state index is 16.5. The topological polar surface area (TPSA) is 92.0 Å². The van der Waals surface area contributed by atoms with E-state index in [1.54, 1.807) is 0 Å². The van der Waals surface area contributed by atoms with E-state index in [2.05, 4.69) is 58.7 Å². The molecule has 250 valence electrons. The fraction of sp³-hybridized carbons (Fsp3) is 0.824. The third-order valence-corrected chi connectivity index (χ3v) is 12.2. The summed E-state index contributed by atoms with van der Waals surface area (Å²) in [5.41, 5.74) is 0. The maximum Gasteiger partial charge on any atom is 0.320 e. The van der Waals surface area contributed by atoms with E-state index in [9.17, 15) is 9.59 Å². The zero-order valence-corrected chi connectivity index (χ0v) is 26.9. The van der Waals surface area contributed by atoms with Gasteiger partial charge in [-0.05, 0) is 82.4 Å². The highest BCUT2D eigenvalue weighted by Gasteiger charge is 2.59. The smallest absolute Gasteiger partial charge is 0.320 e.